The molecule has 1 atom stereocenters. The van der Waals surface area contributed by atoms with Crippen molar-refractivity contribution in [1.29, 1.82) is 0 Å². The number of urea groups is 1. The second kappa shape index (κ2) is 8.26. The van der Waals surface area contributed by atoms with Crippen LogP contribution in [0.3, 0.4) is 0 Å². The van der Waals surface area contributed by atoms with E-state index in [0.717, 1.165) is 27.6 Å². The van der Waals surface area contributed by atoms with Crippen molar-refractivity contribution in [3.8, 4) is 0 Å². The van der Waals surface area contributed by atoms with Crippen molar-refractivity contribution < 1.29 is 9.59 Å². The van der Waals surface area contributed by atoms with E-state index in [9.17, 15) is 9.59 Å². The van der Waals surface area contributed by atoms with Crippen LogP contribution in [0.15, 0.2) is 54.6 Å². The Bertz CT molecular complexity index is 1340. The van der Waals surface area contributed by atoms with Crippen molar-refractivity contribution in [3.05, 3.63) is 93.9 Å². The summed E-state index contributed by atoms with van der Waals surface area (Å²) >= 11 is 0. The molecule has 0 saturated heterocycles. The number of rotatable bonds is 4. The predicted molar refractivity (Wildman–Crippen MR) is 124 cm³/mol. The van der Waals surface area contributed by atoms with Gasteiger partial charge in [0.1, 0.15) is 0 Å². The molecule has 2 aromatic heterocycles. The van der Waals surface area contributed by atoms with Gasteiger partial charge in [-0.1, -0.05) is 48.5 Å². The lowest BCUT2D eigenvalue weighted by Gasteiger charge is -2.19. The smallest absolute Gasteiger partial charge is 0.312 e. The van der Waals surface area contributed by atoms with Gasteiger partial charge in [0.2, 0.25) is 0 Å². The van der Waals surface area contributed by atoms with Crippen molar-refractivity contribution in [1.82, 2.24) is 20.1 Å². The van der Waals surface area contributed by atoms with Crippen LogP contribution >= 0.6 is 0 Å². The fraction of sp³-hybridized carbons (Fsp3) is 0.200. The number of carbonyl (C=O) groups is 2. The zero-order valence-electron chi connectivity index (χ0n) is 18.5. The summed E-state index contributed by atoms with van der Waals surface area (Å²) in [7, 11) is 0. The Morgan fingerprint density at radius 1 is 0.969 bits per heavy atom. The number of primary amides is 1. The highest BCUT2D eigenvalue weighted by atomic mass is 16.2. The van der Waals surface area contributed by atoms with E-state index in [-0.39, 0.29) is 5.91 Å². The Balaban J connectivity index is 1.82. The van der Waals surface area contributed by atoms with Gasteiger partial charge >= 0.3 is 6.03 Å². The van der Waals surface area contributed by atoms with Crippen LogP contribution in [0.25, 0.3) is 10.9 Å². The van der Waals surface area contributed by atoms with Crippen LogP contribution in [0.1, 0.15) is 50.2 Å². The fourth-order valence-corrected chi connectivity index (χ4v) is 4.15. The maximum Gasteiger partial charge on any atom is 0.312 e. The third-order valence-corrected chi connectivity index (χ3v) is 5.72. The second-order valence-corrected chi connectivity index (χ2v) is 7.92. The Morgan fingerprint density at radius 3 is 2.38 bits per heavy atom. The molecule has 0 aliphatic heterocycles. The van der Waals surface area contributed by atoms with Gasteiger partial charge in [0.05, 0.1) is 34.2 Å². The number of amides is 2. The fourth-order valence-electron chi connectivity index (χ4n) is 4.15. The van der Waals surface area contributed by atoms with Crippen molar-refractivity contribution in [2.75, 3.05) is 0 Å². The molecule has 3 N–H and O–H groups in total. The minimum Gasteiger partial charge on any atom is -0.352 e. The van der Waals surface area contributed by atoms with E-state index in [1.807, 2.05) is 82.3 Å². The number of nitrogens with one attached hydrogen (secondary N) is 1. The molecule has 0 aliphatic carbocycles. The Kier molecular flexibility index (Phi) is 5.48. The summed E-state index contributed by atoms with van der Waals surface area (Å²) in [5.74, 6) is -0.267. The van der Waals surface area contributed by atoms with Gasteiger partial charge < -0.3 is 11.1 Å². The third kappa shape index (κ3) is 3.73. The van der Waals surface area contributed by atoms with Crippen LogP contribution in [0, 0.1) is 27.7 Å². The largest absolute Gasteiger partial charge is 0.352 e. The molecule has 32 heavy (non-hydrogen) atoms. The lowest BCUT2D eigenvalue weighted by atomic mass is 9.97. The van der Waals surface area contributed by atoms with Crippen molar-refractivity contribution >= 4 is 22.8 Å². The quantitative estimate of drug-likeness (QED) is 0.511. The standard InChI is InChI=1S/C25H25N5O2/c1-14-9-8-12-19-13-20(15(2)27-22(14)19)24(31)30-17(4)21(16(3)29-30)23(28-25(26)32)18-10-6-5-7-11-18/h5-13,23H,1-4H3,(H3,26,28,32)/t23-/m1/s1. The maximum atomic E-state index is 13.5. The summed E-state index contributed by atoms with van der Waals surface area (Å²) < 4.78 is 1.38. The van der Waals surface area contributed by atoms with Crippen molar-refractivity contribution in [3.63, 3.8) is 0 Å². The van der Waals surface area contributed by atoms with Gasteiger partial charge in [-0.15, -0.1) is 0 Å². The minimum absolute atomic E-state index is 0.267. The number of aryl methyl sites for hydroxylation is 3. The molecule has 0 fully saturated rings. The van der Waals surface area contributed by atoms with Gasteiger partial charge in [0.25, 0.3) is 5.91 Å². The molecule has 2 heterocycles. The predicted octanol–water partition coefficient (Wildman–Crippen LogP) is 4.11. The normalized spacial score (nSPS) is 12.0. The Hall–Kier alpha value is -4.00. The number of carbonyl (C=O) groups excluding carboxylic acids is 2. The lowest BCUT2D eigenvalue weighted by Crippen LogP contribution is -2.34. The zero-order chi connectivity index (χ0) is 23.0. The molecule has 2 aromatic carbocycles. The average molecular weight is 428 g/mol. The van der Waals surface area contributed by atoms with Crippen LogP contribution in [-0.4, -0.2) is 26.7 Å². The van der Waals surface area contributed by atoms with Crippen LogP contribution < -0.4 is 11.1 Å². The second-order valence-electron chi connectivity index (χ2n) is 7.92. The molecule has 162 valence electrons. The third-order valence-electron chi connectivity index (χ3n) is 5.72. The van der Waals surface area contributed by atoms with Crippen molar-refractivity contribution in [2.24, 2.45) is 5.73 Å². The number of fused-ring (bicyclic) bond motifs is 1. The van der Waals surface area contributed by atoms with Gasteiger partial charge in [-0.2, -0.15) is 5.10 Å². The van der Waals surface area contributed by atoms with E-state index in [4.69, 9.17) is 5.73 Å². The van der Waals surface area contributed by atoms with Gasteiger partial charge in [0, 0.05) is 10.9 Å². The summed E-state index contributed by atoms with van der Waals surface area (Å²) in [5.41, 5.74) is 11.4. The highest BCUT2D eigenvalue weighted by Gasteiger charge is 2.27. The summed E-state index contributed by atoms with van der Waals surface area (Å²) in [6.07, 6.45) is 0. The van der Waals surface area contributed by atoms with Crippen LogP contribution in [0.2, 0.25) is 0 Å². The summed E-state index contributed by atoms with van der Waals surface area (Å²) in [6.45, 7) is 7.46. The summed E-state index contributed by atoms with van der Waals surface area (Å²) in [6, 6.07) is 16.1. The minimum atomic E-state index is -0.651. The zero-order valence-corrected chi connectivity index (χ0v) is 18.5. The number of aromatic nitrogens is 3. The van der Waals surface area contributed by atoms with E-state index in [0.29, 0.717) is 22.6 Å². The number of pyridine rings is 1. The maximum absolute atomic E-state index is 13.5. The number of nitrogens with zero attached hydrogens (tertiary/aromatic N) is 3. The highest BCUT2D eigenvalue weighted by Crippen LogP contribution is 2.29. The molecule has 0 spiro atoms. The molecule has 2 amide bonds. The SMILES string of the molecule is Cc1nc2c(C)cccc2cc1C(=O)n1nc(C)c([C@H](NC(N)=O)c2ccccc2)c1C. The highest BCUT2D eigenvalue weighted by molar-refractivity contribution is 6.00. The van der Waals surface area contributed by atoms with E-state index < -0.39 is 12.1 Å². The molecule has 0 radical (unpaired) electrons. The molecule has 4 aromatic rings. The molecular weight excluding hydrogens is 402 g/mol. The summed E-state index contributed by atoms with van der Waals surface area (Å²) in [5, 5.41) is 8.22. The van der Waals surface area contributed by atoms with E-state index >= 15 is 0 Å². The topological polar surface area (TPSA) is 103 Å². The number of hydrogen-bond acceptors (Lipinski definition) is 4. The van der Waals surface area contributed by atoms with E-state index in [1.54, 1.807) is 0 Å². The van der Waals surface area contributed by atoms with Crippen LogP contribution in [0.4, 0.5) is 4.79 Å². The first kappa shape index (κ1) is 21.2. The monoisotopic (exact) mass is 427 g/mol. The summed E-state index contributed by atoms with van der Waals surface area (Å²) in [4.78, 5) is 29.9. The van der Waals surface area contributed by atoms with Crippen LogP contribution in [0.5, 0.6) is 0 Å². The lowest BCUT2D eigenvalue weighted by molar-refractivity contribution is 0.0941. The molecule has 0 saturated carbocycles. The molecule has 7 heteroatoms. The van der Waals surface area contributed by atoms with Gasteiger partial charge in [-0.25, -0.2) is 9.48 Å². The number of benzene rings is 2. The van der Waals surface area contributed by atoms with Crippen LogP contribution in [-0.2, 0) is 0 Å². The first-order valence-electron chi connectivity index (χ1n) is 10.4. The molecule has 7 nitrogen and oxygen atoms in total. The average Bonchev–Trinajstić information content (AvgIpc) is 3.06. The molecule has 0 aliphatic rings. The molecule has 0 unspecified atom stereocenters. The first-order chi connectivity index (χ1) is 15.3. The first-order valence-corrected chi connectivity index (χ1v) is 10.4. The van der Waals surface area contributed by atoms with Gasteiger partial charge in [-0.05, 0) is 44.9 Å². The molecule has 4 rings (SSSR count). The molecule has 0 bridgehead atoms. The Morgan fingerprint density at radius 2 is 1.69 bits per heavy atom. The number of para-hydroxylation sites is 1. The number of nitrogens with two attached hydrogens (primary N) is 1. The van der Waals surface area contributed by atoms with Gasteiger partial charge in [0.15, 0.2) is 0 Å². The van der Waals surface area contributed by atoms with E-state index in [2.05, 4.69) is 15.4 Å². The van der Waals surface area contributed by atoms with E-state index in [1.165, 1.54) is 4.68 Å². The van der Waals surface area contributed by atoms with Crippen molar-refractivity contribution in [2.45, 2.75) is 33.7 Å². The number of hydrogen-bond donors (Lipinski definition) is 2. The Labute approximate surface area is 186 Å². The molecular formula is C25H25N5O2. The van der Waals surface area contributed by atoms with Gasteiger partial charge in [-0.3, -0.25) is 9.78 Å².